The van der Waals surface area contributed by atoms with Crippen LogP contribution < -0.4 is 9.80 Å². The summed E-state index contributed by atoms with van der Waals surface area (Å²) in [4.78, 5) is 4.75. The highest BCUT2D eigenvalue weighted by molar-refractivity contribution is 6.36. The zero-order valence-corrected chi connectivity index (χ0v) is 39.7. The fourth-order valence-electron chi connectivity index (χ4n) is 11.8. The molecule has 16 aromatic rings. The van der Waals surface area contributed by atoms with Crippen molar-refractivity contribution < 1.29 is 13.3 Å². The average Bonchev–Trinajstić information content (AvgIpc) is 4.27. The van der Waals surface area contributed by atoms with Crippen molar-refractivity contribution in [3.63, 3.8) is 0 Å². The van der Waals surface area contributed by atoms with Gasteiger partial charge in [-0.3, -0.25) is 0 Å². The van der Waals surface area contributed by atoms with E-state index in [0.29, 0.717) is 0 Å². The largest absolute Gasteiger partial charge is 0.456 e. The molecule has 0 aliphatic rings. The number of aromatic nitrogens is 1. The Morgan fingerprint density at radius 1 is 0.270 bits per heavy atom. The lowest BCUT2D eigenvalue weighted by molar-refractivity contribution is 0.668. The Morgan fingerprint density at radius 3 is 1.38 bits per heavy atom. The van der Waals surface area contributed by atoms with Gasteiger partial charge in [0, 0.05) is 60.8 Å². The van der Waals surface area contributed by atoms with Gasteiger partial charge >= 0.3 is 0 Å². The van der Waals surface area contributed by atoms with Gasteiger partial charge < -0.3 is 27.6 Å². The molecule has 0 radical (unpaired) electrons. The molecule has 4 aromatic heterocycles. The molecule has 0 saturated heterocycles. The third kappa shape index (κ3) is 6.00. The Bertz CT molecular complexity index is 4930. The Kier molecular flexibility index (Phi) is 8.64. The quantitative estimate of drug-likeness (QED) is 0.159. The fourth-order valence-corrected chi connectivity index (χ4v) is 11.8. The van der Waals surface area contributed by atoms with Gasteiger partial charge in [-0.25, -0.2) is 0 Å². The highest BCUT2D eigenvalue weighted by Crippen LogP contribution is 2.54. The molecular weight excluding hydrogens is 907 g/mol. The van der Waals surface area contributed by atoms with E-state index in [0.717, 1.165) is 138 Å². The van der Waals surface area contributed by atoms with Gasteiger partial charge in [0.25, 0.3) is 0 Å². The summed E-state index contributed by atoms with van der Waals surface area (Å²) in [6.07, 6.45) is 0. The first-order valence-corrected chi connectivity index (χ1v) is 25.1. The van der Waals surface area contributed by atoms with Crippen molar-refractivity contribution in [3.05, 3.63) is 249 Å². The van der Waals surface area contributed by atoms with Crippen molar-refractivity contribution in [1.82, 2.24) is 4.57 Å². The van der Waals surface area contributed by atoms with E-state index in [4.69, 9.17) is 13.3 Å². The molecule has 346 valence electrons. The van der Waals surface area contributed by atoms with E-state index >= 15 is 0 Å². The second-order valence-corrected chi connectivity index (χ2v) is 19.2. The molecule has 0 N–H and O–H groups in total. The number of anilines is 6. The van der Waals surface area contributed by atoms with Gasteiger partial charge in [0.05, 0.1) is 33.2 Å². The first kappa shape index (κ1) is 40.7. The number of rotatable bonds is 7. The maximum atomic E-state index is 7.37. The highest BCUT2D eigenvalue weighted by Gasteiger charge is 2.31. The van der Waals surface area contributed by atoms with Gasteiger partial charge in [0.15, 0.2) is 5.58 Å². The van der Waals surface area contributed by atoms with Crippen molar-refractivity contribution in [2.45, 2.75) is 0 Å². The normalized spacial score (nSPS) is 12.1. The predicted molar refractivity (Wildman–Crippen MR) is 307 cm³/mol. The molecule has 6 heteroatoms. The Hall–Kier alpha value is -10.0. The molecule has 74 heavy (non-hydrogen) atoms. The molecular formula is C68H41N3O3. The summed E-state index contributed by atoms with van der Waals surface area (Å²) >= 11 is 0. The Labute approximate surface area is 423 Å². The molecule has 6 nitrogen and oxygen atoms in total. The second kappa shape index (κ2) is 15.7. The molecule has 0 spiro atoms. The summed E-state index contributed by atoms with van der Waals surface area (Å²) in [6.45, 7) is 0. The van der Waals surface area contributed by atoms with Crippen LogP contribution in [0.1, 0.15) is 0 Å². The zero-order chi connectivity index (χ0) is 48.4. The fraction of sp³-hybridized carbons (Fsp3) is 0. The topological polar surface area (TPSA) is 50.8 Å². The standard InChI is InChI=1S/C68H41N3O3/c1-3-21-46(22-4-1)69(48-33-31-42-17-7-9-19-44(42)37-48)55-40-57-66(68-63(55)52-26-12-15-29-60(52)74-68)65-56(71(57)50-35-36-62-54(39-50)51-25-11-14-28-59(51)72-62)41-58(67-64(65)53-27-13-16-30-61(53)73-67)70(47-23-5-2-6-24-47)49-34-32-43-18-8-10-20-45(43)38-49/h1-41H. The van der Waals surface area contributed by atoms with Crippen LogP contribution >= 0.6 is 0 Å². The SMILES string of the molecule is c1ccc(N(c2ccc3ccccc3c2)c2cc3c(c4c2oc2ccccc24)c2c4oc5ccccc5c4c(N(c4ccccc4)c4ccc5ccccc5c4)cc2n3-c2ccc3oc4ccccc4c3c2)cc1. The van der Waals surface area contributed by atoms with Crippen LogP contribution in [0, 0.1) is 0 Å². The second-order valence-electron chi connectivity index (χ2n) is 19.2. The van der Waals surface area contributed by atoms with Gasteiger partial charge in [0.2, 0.25) is 0 Å². The van der Waals surface area contributed by atoms with Crippen LogP contribution in [0.3, 0.4) is 0 Å². The Balaban J connectivity index is 1.12. The van der Waals surface area contributed by atoms with E-state index in [2.05, 4.69) is 251 Å². The van der Waals surface area contributed by atoms with E-state index in [9.17, 15) is 0 Å². The Morgan fingerprint density at radius 2 is 0.743 bits per heavy atom. The van der Waals surface area contributed by atoms with E-state index < -0.39 is 0 Å². The molecule has 0 fully saturated rings. The summed E-state index contributed by atoms with van der Waals surface area (Å²) in [6, 6.07) is 88.5. The maximum Gasteiger partial charge on any atom is 0.160 e. The van der Waals surface area contributed by atoms with Crippen LogP contribution in [-0.2, 0) is 0 Å². The lowest BCUT2D eigenvalue weighted by atomic mass is 10.00. The number of benzene rings is 12. The van der Waals surface area contributed by atoms with Crippen LogP contribution in [0.15, 0.2) is 262 Å². The van der Waals surface area contributed by atoms with Crippen molar-refractivity contribution in [2.75, 3.05) is 9.80 Å². The van der Waals surface area contributed by atoms with Crippen molar-refractivity contribution >= 4 is 143 Å². The van der Waals surface area contributed by atoms with Crippen molar-refractivity contribution in [3.8, 4) is 5.69 Å². The van der Waals surface area contributed by atoms with E-state index in [1.807, 2.05) is 12.1 Å². The number of hydrogen-bond acceptors (Lipinski definition) is 5. The molecule has 16 rings (SSSR count). The van der Waals surface area contributed by atoms with Gasteiger partial charge in [-0.1, -0.05) is 152 Å². The summed E-state index contributed by atoms with van der Waals surface area (Å²) < 4.78 is 23.6. The average molecular weight is 948 g/mol. The number of furan rings is 3. The van der Waals surface area contributed by atoms with Crippen LogP contribution in [-0.4, -0.2) is 4.57 Å². The number of fused-ring (bicyclic) bond motifs is 16. The first-order chi connectivity index (χ1) is 36.7. The minimum atomic E-state index is 0.779. The van der Waals surface area contributed by atoms with Gasteiger partial charge in [-0.2, -0.15) is 0 Å². The zero-order valence-electron chi connectivity index (χ0n) is 39.7. The summed E-state index contributed by atoms with van der Waals surface area (Å²) in [5.74, 6) is 0. The lowest BCUT2D eigenvalue weighted by Crippen LogP contribution is -2.11. The third-order valence-electron chi connectivity index (χ3n) is 15.1. The maximum absolute atomic E-state index is 7.37. The first-order valence-electron chi connectivity index (χ1n) is 25.1. The van der Waals surface area contributed by atoms with E-state index in [1.165, 1.54) is 10.8 Å². The van der Waals surface area contributed by atoms with Crippen LogP contribution in [0.25, 0.3) is 115 Å². The number of para-hydroxylation sites is 5. The molecule has 0 atom stereocenters. The highest BCUT2D eigenvalue weighted by atomic mass is 16.3. The lowest BCUT2D eigenvalue weighted by Gasteiger charge is -2.27. The van der Waals surface area contributed by atoms with E-state index in [1.54, 1.807) is 0 Å². The van der Waals surface area contributed by atoms with Gasteiger partial charge in [-0.05, 0) is 119 Å². The van der Waals surface area contributed by atoms with Crippen LogP contribution in [0.4, 0.5) is 34.1 Å². The molecule has 0 amide bonds. The van der Waals surface area contributed by atoms with Crippen LogP contribution in [0.2, 0.25) is 0 Å². The minimum absolute atomic E-state index is 0.779. The molecule has 0 bridgehead atoms. The monoisotopic (exact) mass is 947 g/mol. The molecule has 4 heterocycles. The minimum Gasteiger partial charge on any atom is -0.456 e. The number of nitrogens with zero attached hydrogens (tertiary/aromatic N) is 3. The predicted octanol–water partition coefficient (Wildman–Crippen LogP) is 19.7. The molecule has 0 unspecified atom stereocenters. The molecule has 0 aliphatic carbocycles. The molecule has 0 saturated carbocycles. The van der Waals surface area contributed by atoms with Crippen LogP contribution in [0.5, 0.6) is 0 Å². The molecule has 12 aromatic carbocycles. The van der Waals surface area contributed by atoms with Crippen molar-refractivity contribution in [1.29, 1.82) is 0 Å². The van der Waals surface area contributed by atoms with Gasteiger partial charge in [0.1, 0.15) is 27.9 Å². The molecule has 0 aliphatic heterocycles. The smallest absolute Gasteiger partial charge is 0.160 e. The van der Waals surface area contributed by atoms with Crippen molar-refractivity contribution in [2.24, 2.45) is 0 Å². The summed E-state index contributed by atoms with van der Waals surface area (Å²) in [7, 11) is 0. The summed E-state index contributed by atoms with van der Waals surface area (Å²) in [5, 5.41) is 12.9. The summed E-state index contributed by atoms with van der Waals surface area (Å²) in [5.41, 5.74) is 13.8. The van der Waals surface area contributed by atoms with Gasteiger partial charge in [-0.15, -0.1) is 0 Å². The third-order valence-corrected chi connectivity index (χ3v) is 15.1. The number of hydrogen-bond donors (Lipinski definition) is 0. The van der Waals surface area contributed by atoms with E-state index in [-0.39, 0.29) is 0 Å².